The van der Waals surface area contributed by atoms with E-state index in [0.717, 1.165) is 5.57 Å². The molecule has 0 radical (unpaired) electrons. The average Bonchev–Trinajstić information content (AvgIpc) is 2.80. The third-order valence-electron chi connectivity index (χ3n) is 3.27. The summed E-state index contributed by atoms with van der Waals surface area (Å²) in [5.41, 5.74) is 0.983. The number of esters is 1. The molecule has 2 unspecified atom stereocenters. The summed E-state index contributed by atoms with van der Waals surface area (Å²) in [5, 5.41) is 3.80. The zero-order chi connectivity index (χ0) is 13.1. The average molecular weight is 239 g/mol. The summed E-state index contributed by atoms with van der Waals surface area (Å²) in [4.78, 5) is 16.4. The summed E-state index contributed by atoms with van der Waals surface area (Å²) >= 11 is 0. The van der Waals surface area contributed by atoms with Crippen molar-refractivity contribution in [3.8, 4) is 0 Å². The molecular weight excluding hydrogens is 218 g/mol. The van der Waals surface area contributed by atoms with Crippen molar-refractivity contribution in [3.05, 3.63) is 11.6 Å². The Hall–Kier alpha value is -1.32. The Labute approximate surface area is 103 Å². The van der Waals surface area contributed by atoms with E-state index in [9.17, 15) is 4.79 Å². The summed E-state index contributed by atoms with van der Waals surface area (Å²) in [5.74, 6) is 0.0526. The molecule has 1 fully saturated rings. The van der Waals surface area contributed by atoms with Crippen molar-refractivity contribution in [2.45, 2.75) is 27.7 Å². The third-order valence-corrected chi connectivity index (χ3v) is 3.27. The van der Waals surface area contributed by atoms with Gasteiger partial charge in [-0.05, 0) is 30.8 Å². The molecule has 1 saturated carbocycles. The molecule has 0 aromatic rings. The van der Waals surface area contributed by atoms with Gasteiger partial charge in [-0.3, -0.25) is 4.79 Å². The fraction of sp³-hybridized carbons (Fsp3) is 0.692. The van der Waals surface area contributed by atoms with Crippen LogP contribution in [0.5, 0.6) is 0 Å². The van der Waals surface area contributed by atoms with Crippen LogP contribution in [0.15, 0.2) is 16.8 Å². The van der Waals surface area contributed by atoms with Crippen LogP contribution in [0.2, 0.25) is 0 Å². The molecule has 0 aromatic carbocycles. The summed E-state index contributed by atoms with van der Waals surface area (Å²) in [6, 6.07) is 0. The fourth-order valence-corrected chi connectivity index (χ4v) is 2.09. The smallest absolute Gasteiger partial charge is 0.309 e. The van der Waals surface area contributed by atoms with Gasteiger partial charge in [0.15, 0.2) is 0 Å². The summed E-state index contributed by atoms with van der Waals surface area (Å²) in [6.45, 7) is 8.54. The second kappa shape index (κ2) is 5.34. The van der Waals surface area contributed by atoms with E-state index in [2.05, 4.69) is 25.1 Å². The lowest BCUT2D eigenvalue weighted by Crippen LogP contribution is -2.07. The Kier molecular flexibility index (Phi) is 4.32. The quantitative estimate of drug-likeness (QED) is 0.420. The molecule has 0 aromatic heterocycles. The highest BCUT2D eigenvalue weighted by Gasteiger charge is 2.61. The van der Waals surface area contributed by atoms with E-state index in [-0.39, 0.29) is 23.2 Å². The minimum Gasteiger partial charge on any atom is -0.469 e. The van der Waals surface area contributed by atoms with Crippen LogP contribution in [0.4, 0.5) is 0 Å². The lowest BCUT2D eigenvalue weighted by molar-refractivity contribution is -0.143. The number of allylic oxidation sites excluding steroid dienone is 2. The molecule has 0 spiro atoms. The highest BCUT2D eigenvalue weighted by molar-refractivity contribution is 5.80. The van der Waals surface area contributed by atoms with E-state index in [1.54, 1.807) is 6.21 Å². The highest BCUT2D eigenvalue weighted by atomic mass is 16.6. The van der Waals surface area contributed by atoms with Crippen LogP contribution in [0.3, 0.4) is 0 Å². The molecular formula is C13H21NO3. The number of rotatable bonds is 5. The number of nitrogens with zero attached hydrogens (tertiary/aromatic N) is 1. The highest BCUT2D eigenvalue weighted by Crippen LogP contribution is 2.59. The van der Waals surface area contributed by atoms with Gasteiger partial charge in [0.05, 0.1) is 19.2 Å². The normalized spacial score (nSPS) is 27.0. The van der Waals surface area contributed by atoms with Gasteiger partial charge in [0.2, 0.25) is 0 Å². The first-order chi connectivity index (χ1) is 7.95. The van der Waals surface area contributed by atoms with Crippen LogP contribution < -0.4 is 0 Å². The first kappa shape index (κ1) is 13.7. The van der Waals surface area contributed by atoms with Crippen LogP contribution in [-0.4, -0.2) is 25.9 Å². The number of carbonyl (C=O) groups excluding carboxylic acids is 1. The minimum absolute atomic E-state index is 0.0200. The Balaban J connectivity index is 2.64. The van der Waals surface area contributed by atoms with Crippen molar-refractivity contribution in [2.24, 2.45) is 22.4 Å². The van der Waals surface area contributed by atoms with Gasteiger partial charge in [-0.1, -0.05) is 25.1 Å². The topological polar surface area (TPSA) is 47.9 Å². The second-order valence-electron chi connectivity index (χ2n) is 4.91. The van der Waals surface area contributed by atoms with Gasteiger partial charge in [0.1, 0.15) is 6.61 Å². The predicted molar refractivity (Wildman–Crippen MR) is 66.7 cm³/mol. The van der Waals surface area contributed by atoms with E-state index < -0.39 is 0 Å². The molecule has 96 valence electrons. The molecule has 0 bridgehead atoms. The Morgan fingerprint density at radius 2 is 2.12 bits per heavy atom. The van der Waals surface area contributed by atoms with Crippen LogP contribution >= 0.6 is 0 Å². The standard InChI is InChI=1S/C13H21NO3/c1-6-17-14-8-9(2)7-10-11(12(15)16-5)13(10,3)4/h7-8,10-11H,6H2,1-5H3/b9-7+,14-8+. The van der Waals surface area contributed by atoms with Crippen molar-refractivity contribution in [2.75, 3.05) is 13.7 Å². The first-order valence-electron chi connectivity index (χ1n) is 5.86. The van der Waals surface area contributed by atoms with Gasteiger partial charge in [-0.2, -0.15) is 0 Å². The maximum Gasteiger partial charge on any atom is 0.309 e. The predicted octanol–water partition coefficient (Wildman–Crippen LogP) is 2.40. The number of carbonyl (C=O) groups is 1. The minimum atomic E-state index is -0.134. The SMILES string of the molecule is CCO/N=C/C(C)=C/C1C(C(=O)OC)C1(C)C. The van der Waals surface area contributed by atoms with Crippen molar-refractivity contribution >= 4 is 12.2 Å². The number of hydrogen-bond donors (Lipinski definition) is 0. The number of ether oxygens (including phenoxy) is 1. The van der Waals surface area contributed by atoms with Gasteiger partial charge < -0.3 is 9.57 Å². The van der Waals surface area contributed by atoms with Gasteiger partial charge in [-0.15, -0.1) is 0 Å². The third kappa shape index (κ3) is 3.08. The van der Waals surface area contributed by atoms with Crippen LogP contribution in [0.1, 0.15) is 27.7 Å². The molecule has 1 rings (SSSR count). The zero-order valence-electron chi connectivity index (χ0n) is 11.2. The molecule has 1 aliphatic rings. The molecule has 4 nitrogen and oxygen atoms in total. The summed E-state index contributed by atoms with van der Waals surface area (Å²) in [7, 11) is 1.43. The van der Waals surface area contributed by atoms with Gasteiger partial charge >= 0.3 is 5.97 Å². The van der Waals surface area contributed by atoms with E-state index in [4.69, 9.17) is 9.57 Å². The van der Waals surface area contributed by atoms with Gasteiger partial charge in [-0.25, -0.2) is 0 Å². The number of methoxy groups -OCH3 is 1. The second-order valence-corrected chi connectivity index (χ2v) is 4.91. The van der Waals surface area contributed by atoms with Gasteiger partial charge in [0.25, 0.3) is 0 Å². The molecule has 4 heteroatoms. The van der Waals surface area contributed by atoms with E-state index in [1.165, 1.54) is 7.11 Å². The Morgan fingerprint density at radius 1 is 1.47 bits per heavy atom. The summed E-state index contributed by atoms with van der Waals surface area (Å²) in [6.07, 6.45) is 3.73. The van der Waals surface area contributed by atoms with Crippen molar-refractivity contribution in [3.63, 3.8) is 0 Å². The molecule has 17 heavy (non-hydrogen) atoms. The molecule has 0 N–H and O–H groups in total. The lowest BCUT2D eigenvalue weighted by Gasteiger charge is -1.99. The largest absolute Gasteiger partial charge is 0.469 e. The van der Waals surface area contributed by atoms with E-state index in [1.807, 2.05) is 13.8 Å². The molecule has 0 amide bonds. The van der Waals surface area contributed by atoms with Crippen LogP contribution in [0, 0.1) is 17.3 Å². The maximum atomic E-state index is 11.5. The van der Waals surface area contributed by atoms with Crippen LogP contribution in [-0.2, 0) is 14.4 Å². The molecule has 1 aliphatic carbocycles. The summed E-state index contributed by atoms with van der Waals surface area (Å²) < 4.78 is 4.79. The number of hydrogen-bond acceptors (Lipinski definition) is 4. The Morgan fingerprint density at radius 3 is 2.65 bits per heavy atom. The van der Waals surface area contributed by atoms with Crippen LogP contribution in [0.25, 0.3) is 0 Å². The van der Waals surface area contributed by atoms with E-state index >= 15 is 0 Å². The van der Waals surface area contributed by atoms with Crippen molar-refractivity contribution in [1.82, 2.24) is 0 Å². The first-order valence-corrected chi connectivity index (χ1v) is 5.86. The molecule has 0 heterocycles. The molecule has 0 aliphatic heterocycles. The van der Waals surface area contributed by atoms with E-state index in [0.29, 0.717) is 6.61 Å². The molecule has 0 saturated heterocycles. The number of oxime groups is 1. The maximum absolute atomic E-state index is 11.5. The molecule has 2 atom stereocenters. The monoisotopic (exact) mass is 239 g/mol. The lowest BCUT2D eigenvalue weighted by atomic mass is 10.1. The Bertz CT molecular complexity index is 345. The zero-order valence-corrected chi connectivity index (χ0v) is 11.2. The van der Waals surface area contributed by atoms with Crippen molar-refractivity contribution in [1.29, 1.82) is 0 Å². The van der Waals surface area contributed by atoms with Crippen molar-refractivity contribution < 1.29 is 14.4 Å². The fourth-order valence-electron chi connectivity index (χ4n) is 2.09. The van der Waals surface area contributed by atoms with Gasteiger partial charge in [0, 0.05) is 0 Å².